The molecule has 6 rings (SSSR count). The van der Waals surface area contributed by atoms with Crippen LogP contribution in [0.5, 0.6) is 5.75 Å². The van der Waals surface area contributed by atoms with E-state index in [1.165, 1.54) is 38.6 Å². The number of hydrogen-bond acceptors (Lipinski definition) is 6. The Kier molecular flexibility index (Phi) is 13.0. The molecule has 0 spiro atoms. The Hall–Kier alpha value is -3.21. The predicted molar refractivity (Wildman–Crippen MR) is 193 cm³/mol. The number of nitrogens with one attached hydrogen (secondary N) is 1. The Balaban J connectivity index is 0.000000195. The van der Waals surface area contributed by atoms with Crippen molar-refractivity contribution in [3.8, 4) is 5.75 Å². The van der Waals surface area contributed by atoms with Gasteiger partial charge in [0.2, 0.25) is 5.91 Å². The second-order valence-corrected chi connectivity index (χ2v) is 14.8. The molecule has 49 heavy (non-hydrogen) atoms. The third-order valence-corrected chi connectivity index (χ3v) is 11.2. The molecule has 0 saturated carbocycles. The number of rotatable bonds is 5. The lowest BCUT2D eigenvalue weighted by Gasteiger charge is -2.41. The molecule has 2 aromatic rings. The van der Waals surface area contributed by atoms with Crippen LogP contribution in [0.4, 0.5) is 15.3 Å². The fraction of sp³-hybridized carbons (Fsp3) is 0.595. The van der Waals surface area contributed by atoms with Crippen molar-refractivity contribution in [2.24, 2.45) is 11.8 Å². The second kappa shape index (κ2) is 17.1. The number of carbonyl (C=O) groups excluding carboxylic acids is 3. The largest absolute Gasteiger partial charge is 0.505 e. The molecule has 0 aliphatic carbocycles. The molecule has 4 aliphatic rings. The highest BCUT2D eigenvalue weighted by Gasteiger charge is 2.32. The van der Waals surface area contributed by atoms with Crippen LogP contribution in [0.25, 0.3) is 0 Å². The zero-order valence-corrected chi connectivity index (χ0v) is 30.5. The molecule has 3 fully saturated rings. The Bertz CT molecular complexity index is 1430. The number of carbonyl (C=O) groups is 3. The summed E-state index contributed by atoms with van der Waals surface area (Å²) in [6.45, 7) is 10.4. The Morgan fingerprint density at radius 3 is 2.12 bits per heavy atom. The van der Waals surface area contributed by atoms with Crippen LogP contribution < -0.4 is 5.32 Å². The number of hydrogen-bond donors (Lipinski definition) is 2. The summed E-state index contributed by atoms with van der Waals surface area (Å²) in [6.07, 6.45) is 7.47. The van der Waals surface area contributed by atoms with E-state index in [0.29, 0.717) is 32.1 Å². The summed E-state index contributed by atoms with van der Waals surface area (Å²) >= 11 is 12.0. The zero-order valence-electron chi connectivity index (χ0n) is 29.0. The topological polar surface area (TPSA) is 106 Å². The number of phenolic OH excluding ortho intramolecular Hbond substituents is 1. The van der Waals surface area contributed by atoms with E-state index < -0.39 is 0 Å². The number of amides is 4. The number of phenols is 1. The van der Waals surface area contributed by atoms with Gasteiger partial charge < -0.3 is 34.8 Å². The van der Waals surface area contributed by atoms with E-state index >= 15 is 0 Å². The number of para-hydroxylation sites is 1. The van der Waals surface area contributed by atoms with Crippen molar-refractivity contribution in [3.63, 3.8) is 0 Å². The van der Waals surface area contributed by atoms with Crippen molar-refractivity contribution in [3.05, 3.63) is 57.6 Å². The molecule has 4 amide bonds. The summed E-state index contributed by atoms with van der Waals surface area (Å²) < 4.78 is 4.75. The minimum atomic E-state index is -0.286. The van der Waals surface area contributed by atoms with E-state index in [1.54, 1.807) is 17.0 Å². The summed E-state index contributed by atoms with van der Waals surface area (Å²) in [4.78, 5) is 45.1. The van der Waals surface area contributed by atoms with Gasteiger partial charge in [0, 0.05) is 56.4 Å². The SMILES string of the molecule is CC1CCN(C2CCN(C(=O)[C@H](C)Cc3cc(Cl)c(O)c(Cl)c3)CC2)CC1.COC(=O)N1CCC(N2CCc3ccccc3NC2=O)CC1. The first kappa shape index (κ1) is 37.1. The van der Waals surface area contributed by atoms with Gasteiger partial charge in [0.05, 0.1) is 17.2 Å². The summed E-state index contributed by atoms with van der Waals surface area (Å²) in [5, 5.41) is 13.1. The van der Waals surface area contributed by atoms with Crippen molar-refractivity contribution in [2.45, 2.75) is 77.3 Å². The molecule has 268 valence electrons. The van der Waals surface area contributed by atoms with Crippen LogP contribution >= 0.6 is 23.2 Å². The van der Waals surface area contributed by atoms with Gasteiger partial charge in [-0.1, -0.05) is 55.2 Å². The Morgan fingerprint density at radius 1 is 0.898 bits per heavy atom. The lowest BCUT2D eigenvalue weighted by atomic mass is 9.94. The summed E-state index contributed by atoms with van der Waals surface area (Å²) in [5.74, 6) is 0.816. The van der Waals surface area contributed by atoms with Crippen LogP contribution in [0, 0.1) is 11.8 Å². The minimum absolute atomic E-state index is 0.0403. The predicted octanol–water partition coefficient (Wildman–Crippen LogP) is 6.91. The van der Waals surface area contributed by atoms with E-state index in [1.807, 2.05) is 34.9 Å². The first-order chi connectivity index (χ1) is 23.5. The molecular weight excluding hydrogens is 665 g/mol. The van der Waals surface area contributed by atoms with Gasteiger partial charge in [-0.2, -0.15) is 0 Å². The summed E-state index contributed by atoms with van der Waals surface area (Å²) in [7, 11) is 1.40. The van der Waals surface area contributed by atoms with E-state index in [0.717, 1.165) is 62.4 Å². The lowest BCUT2D eigenvalue weighted by Crippen LogP contribution is -2.50. The van der Waals surface area contributed by atoms with E-state index in [9.17, 15) is 19.5 Å². The molecule has 10 nitrogen and oxygen atoms in total. The number of halogens is 2. The van der Waals surface area contributed by atoms with Gasteiger partial charge >= 0.3 is 12.1 Å². The number of ether oxygens (including phenoxy) is 1. The highest BCUT2D eigenvalue weighted by Crippen LogP contribution is 2.34. The number of benzene rings is 2. The Labute approximate surface area is 300 Å². The van der Waals surface area contributed by atoms with Crippen LogP contribution in [0.1, 0.15) is 63.5 Å². The quantitative estimate of drug-likeness (QED) is 0.349. The van der Waals surface area contributed by atoms with Crippen LogP contribution in [-0.4, -0.2) is 108 Å². The van der Waals surface area contributed by atoms with Crippen molar-refractivity contribution in [1.29, 1.82) is 0 Å². The summed E-state index contributed by atoms with van der Waals surface area (Å²) in [5.41, 5.74) is 2.95. The molecular formula is C37H51Cl2N5O5. The van der Waals surface area contributed by atoms with Crippen molar-refractivity contribution >= 4 is 46.9 Å². The van der Waals surface area contributed by atoms with Gasteiger partial charge in [-0.25, -0.2) is 9.59 Å². The second-order valence-electron chi connectivity index (χ2n) is 14.0. The molecule has 1 atom stereocenters. The fourth-order valence-corrected chi connectivity index (χ4v) is 8.09. The highest BCUT2D eigenvalue weighted by atomic mass is 35.5. The first-order valence-corrected chi connectivity index (χ1v) is 18.5. The molecule has 4 heterocycles. The third kappa shape index (κ3) is 9.52. The van der Waals surface area contributed by atoms with Crippen molar-refractivity contribution < 1.29 is 24.2 Å². The Morgan fingerprint density at radius 2 is 1.49 bits per heavy atom. The molecule has 4 aliphatic heterocycles. The number of methoxy groups -OCH3 is 1. The molecule has 0 aromatic heterocycles. The maximum absolute atomic E-state index is 12.9. The normalized spacial score (nSPS) is 20.4. The molecule has 3 saturated heterocycles. The average molecular weight is 717 g/mol. The number of piperidine rings is 3. The van der Waals surface area contributed by atoms with Gasteiger partial charge in [-0.15, -0.1) is 0 Å². The fourth-order valence-electron chi connectivity index (χ4n) is 7.56. The number of likely N-dealkylation sites (tertiary alicyclic amines) is 3. The molecule has 0 radical (unpaired) electrons. The number of aromatic hydroxyl groups is 1. The average Bonchev–Trinajstić information content (AvgIpc) is 3.28. The number of nitrogens with zero attached hydrogens (tertiary/aromatic N) is 4. The van der Waals surface area contributed by atoms with E-state index in [4.69, 9.17) is 27.9 Å². The summed E-state index contributed by atoms with van der Waals surface area (Å²) in [6, 6.07) is 12.1. The maximum Gasteiger partial charge on any atom is 0.409 e. The van der Waals surface area contributed by atoms with Gasteiger partial charge in [0.1, 0.15) is 0 Å². The van der Waals surface area contributed by atoms with Crippen LogP contribution in [-0.2, 0) is 22.4 Å². The molecule has 0 bridgehead atoms. The molecule has 2 N–H and O–H groups in total. The lowest BCUT2D eigenvalue weighted by molar-refractivity contribution is -0.136. The smallest absolute Gasteiger partial charge is 0.409 e. The monoisotopic (exact) mass is 715 g/mol. The number of fused-ring (bicyclic) bond motifs is 1. The first-order valence-electron chi connectivity index (χ1n) is 17.7. The zero-order chi connectivity index (χ0) is 35.1. The van der Waals surface area contributed by atoms with E-state index in [2.05, 4.69) is 23.2 Å². The van der Waals surface area contributed by atoms with Crippen LogP contribution in [0.15, 0.2) is 36.4 Å². The molecule has 2 aromatic carbocycles. The third-order valence-electron chi connectivity index (χ3n) is 10.6. The van der Waals surface area contributed by atoms with Gasteiger partial charge in [-0.05, 0) is 99.7 Å². The molecule has 12 heteroatoms. The van der Waals surface area contributed by atoms with E-state index in [-0.39, 0.29) is 45.8 Å². The minimum Gasteiger partial charge on any atom is -0.505 e. The maximum atomic E-state index is 12.9. The number of anilines is 1. The van der Waals surface area contributed by atoms with Crippen molar-refractivity contribution in [2.75, 3.05) is 58.2 Å². The van der Waals surface area contributed by atoms with Crippen LogP contribution in [0.3, 0.4) is 0 Å². The number of urea groups is 1. The van der Waals surface area contributed by atoms with Crippen LogP contribution in [0.2, 0.25) is 10.0 Å². The molecule has 0 unspecified atom stereocenters. The highest BCUT2D eigenvalue weighted by molar-refractivity contribution is 6.37. The van der Waals surface area contributed by atoms with Gasteiger partial charge in [0.15, 0.2) is 5.75 Å². The van der Waals surface area contributed by atoms with Gasteiger partial charge in [-0.3, -0.25) is 4.79 Å². The van der Waals surface area contributed by atoms with Gasteiger partial charge in [0.25, 0.3) is 0 Å². The van der Waals surface area contributed by atoms with Crippen molar-refractivity contribution in [1.82, 2.24) is 19.6 Å². The standard InChI is InChI=1S/C21H30Cl2N2O2.C16H21N3O3/c1-14-3-7-24(8-4-14)17-5-9-25(10-6-17)21(27)15(2)11-16-12-18(22)20(26)19(23)13-16;1-22-16(21)18-9-7-13(8-10-18)19-11-6-12-4-2-3-5-14(12)17-15(19)20/h12-15,17,26H,3-11H2,1-2H3;2-5,13H,6-11H2,1H3,(H,17,20)/t15-;/m1./s1.